The summed E-state index contributed by atoms with van der Waals surface area (Å²) < 4.78 is 7.41. The molecule has 0 aliphatic carbocycles. The Bertz CT molecular complexity index is 1030. The first-order chi connectivity index (χ1) is 13.0. The van der Waals surface area contributed by atoms with Gasteiger partial charge >= 0.3 is 0 Å². The van der Waals surface area contributed by atoms with Crippen LogP contribution in [0.4, 0.5) is 5.69 Å². The average Bonchev–Trinajstić information content (AvgIpc) is 3.01. The second kappa shape index (κ2) is 8.37. The molecule has 2 aromatic carbocycles. The van der Waals surface area contributed by atoms with Crippen molar-refractivity contribution in [3.05, 3.63) is 57.8 Å². The zero-order valence-corrected chi connectivity index (χ0v) is 16.5. The van der Waals surface area contributed by atoms with Crippen molar-refractivity contribution in [3.63, 3.8) is 0 Å². The summed E-state index contributed by atoms with van der Waals surface area (Å²) in [6.45, 7) is 2.43. The van der Waals surface area contributed by atoms with Crippen molar-refractivity contribution < 1.29 is 9.53 Å². The van der Waals surface area contributed by atoms with Crippen LogP contribution in [0.1, 0.15) is 12.0 Å². The van der Waals surface area contributed by atoms with E-state index < -0.39 is 0 Å². The number of aromatic amines is 1. The average molecular weight is 403 g/mol. The van der Waals surface area contributed by atoms with Gasteiger partial charge in [-0.2, -0.15) is 5.10 Å². The summed E-state index contributed by atoms with van der Waals surface area (Å²) in [5, 5.41) is 10.4. The highest BCUT2D eigenvalue weighted by Crippen LogP contribution is 2.27. The summed E-state index contributed by atoms with van der Waals surface area (Å²) in [6, 6.07) is 13.1. The van der Waals surface area contributed by atoms with Crippen LogP contribution in [0.2, 0.25) is 5.02 Å². The Morgan fingerprint density at radius 1 is 1.33 bits per heavy atom. The first-order valence-electron chi connectivity index (χ1n) is 8.33. The number of aromatic nitrogens is 3. The highest BCUT2D eigenvalue weighted by atomic mass is 35.5. The Morgan fingerprint density at radius 2 is 2.15 bits per heavy atom. The van der Waals surface area contributed by atoms with E-state index in [9.17, 15) is 4.79 Å². The fourth-order valence-corrected chi connectivity index (χ4v) is 3.19. The van der Waals surface area contributed by atoms with Crippen molar-refractivity contribution in [2.45, 2.75) is 19.9 Å². The van der Waals surface area contributed by atoms with Gasteiger partial charge in [-0.1, -0.05) is 35.4 Å². The van der Waals surface area contributed by atoms with E-state index in [-0.39, 0.29) is 12.3 Å². The van der Waals surface area contributed by atoms with Gasteiger partial charge in [0.1, 0.15) is 5.75 Å². The number of H-pyrrole nitrogens is 1. The van der Waals surface area contributed by atoms with Gasteiger partial charge in [-0.05, 0) is 43.4 Å². The molecule has 0 fully saturated rings. The van der Waals surface area contributed by atoms with Crippen LogP contribution in [0.25, 0.3) is 11.4 Å². The number of carbonyl (C=O) groups excluding carboxylic acids is 1. The number of nitrogens with one attached hydrogen (secondary N) is 2. The third kappa shape index (κ3) is 4.56. The van der Waals surface area contributed by atoms with Crippen molar-refractivity contribution >= 4 is 35.4 Å². The molecule has 0 unspecified atom stereocenters. The lowest BCUT2D eigenvalue weighted by atomic mass is 10.1. The largest absolute Gasteiger partial charge is 0.495 e. The number of ether oxygens (including phenoxy) is 1. The van der Waals surface area contributed by atoms with E-state index in [1.54, 1.807) is 25.3 Å². The summed E-state index contributed by atoms with van der Waals surface area (Å²) in [6.07, 6.45) is 0.246. The Morgan fingerprint density at radius 3 is 2.85 bits per heavy atom. The standard InChI is InChI=1S/C19H19ClN4O2S/c1-12-4-3-5-13(10-12)18-22-23-19(27)24(18)9-8-17(25)21-14-6-7-16(26-2)15(20)11-14/h3-7,10-11H,8-9H2,1-2H3,(H,21,25)(H,23,27). The molecular formula is C19H19ClN4O2S. The van der Waals surface area contributed by atoms with E-state index in [0.717, 1.165) is 11.1 Å². The normalized spacial score (nSPS) is 10.6. The molecule has 0 spiro atoms. The van der Waals surface area contributed by atoms with Crippen LogP contribution >= 0.6 is 23.8 Å². The Hall–Kier alpha value is -2.64. The molecule has 8 heteroatoms. The molecule has 0 radical (unpaired) electrons. The monoisotopic (exact) mass is 402 g/mol. The number of benzene rings is 2. The number of rotatable bonds is 6. The smallest absolute Gasteiger partial charge is 0.226 e. The van der Waals surface area contributed by atoms with Gasteiger partial charge in [-0.3, -0.25) is 14.5 Å². The summed E-state index contributed by atoms with van der Waals surface area (Å²) in [5.74, 6) is 1.13. The predicted molar refractivity (Wildman–Crippen MR) is 109 cm³/mol. The molecule has 3 rings (SSSR count). The maximum atomic E-state index is 12.3. The quantitative estimate of drug-likeness (QED) is 0.591. The SMILES string of the molecule is COc1ccc(NC(=O)CCn2c(-c3cccc(C)c3)n[nH]c2=S)cc1Cl. The number of nitrogens with zero attached hydrogens (tertiary/aromatic N) is 2. The van der Waals surface area contributed by atoms with E-state index in [0.29, 0.717) is 33.6 Å². The molecule has 3 aromatic rings. The van der Waals surface area contributed by atoms with Crippen LogP contribution in [0, 0.1) is 11.7 Å². The number of aryl methyl sites for hydroxylation is 1. The predicted octanol–water partition coefficient (Wildman–Crippen LogP) is 4.61. The van der Waals surface area contributed by atoms with Crippen molar-refractivity contribution in [1.82, 2.24) is 14.8 Å². The molecule has 0 saturated carbocycles. The van der Waals surface area contributed by atoms with Crippen LogP contribution in [-0.4, -0.2) is 27.8 Å². The van der Waals surface area contributed by atoms with Gasteiger partial charge in [0.2, 0.25) is 5.91 Å². The van der Waals surface area contributed by atoms with Gasteiger partial charge in [0.25, 0.3) is 0 Å². The number of amides is 1. The second-order valence-corrected chi connectivity index (χ2v) is 6.81. The van der Waals surface area contributed by atoms with Crippen LogP contribution < -0.4 is 10.1 Å². The van der Waals surface area contributed by atoms with E-state index in [4.69, 9.17) is 28.6 Å². The molecule has 0 bridgehead atoms. The highest BCUT2D eigenvalue weighted by molar-refractivity contribution is 7.71. The molecule has 1 heterocycles. The molecular weight excluding hydrogens is 384 g/mol. The third-order valence-electron chi connectivity index (χ3n) is 4.03. The van der Waals surface area contributed by atoms with Crippen LogP contribution in [0.15, 0.2) is 42.5 Å². The fourth-order valence-electron chi connectivity index (χ4n) is 2.71. The van der Waals surface area contributed by atoms with Crippen molar-refractivity contribution in [3.8, 4) is 17.1 Å². The molecule has 6 nitrogen and oxygen atoms in total. The number of hydrogen-bond acceptors (Lipinski definition) is 4. The zero-order valence-electron chi connectivity index (χ0n) is 15.0. The molecule has 0 saturated heterocycles. The molecule has 0 aliphatic rings. The maximum Gasteiger partial charge on any atom is 0.226 e. The number of halogens is 1. The lowest BCUT2D eigenvalue weighted by Crippen LogP contribution is -2.15. The Labute approximate surface area is 167 Å². The zero-order chi connectivity index (χ0) is 19.4. The number of methoxy groups -OCH3 is 1. The molecule has 2 N–H and O–H groups in total. The van der Waals surface area contributed by atoms with Crippen LogP contribution in [-0.2, 0) is 11.3 Å². The molecule has 0 aliphatic heterocycles. The molecule has 1 amide bonds. The fraction of sp³-hybridized carbons (Fsp3) is 0.211. The maximum absolute atomic E-state index is 12.3. The summed E-state index contributed by atoms with van der Waals surface area (Å²) in [5.41, 5.74) is 2.69. The number of anilines is 1. The first kappa shape index (κ1) is 19.1. The van der Waals surface area contributed by atoms with Crippen LogP contribution in [0.5, 0.6) is 5.75 Å². The number of carbonyl (C=O) groups is 1. The third-order valence-corrected chi connectivity index (χ3v) is 4.64. The number of hydrogen-bond donors (Lipinski definition) is 2. The molecule has 27 heavy (non-hydrogen) atoms. The minimum Gasteiger partial charge on any atom is -0.495 e. The lowest BCUT2D eigenvalue weighted by Gasteiger charge is -2.10. The van der Waals surface area contributed by atoms with Gasteiger partial charge in [-0.15, -0.1) is 0 Å². The van der Waals surface area contributed by atoms with Gasteiger partial charge in [-0.25, -0.2) is 0 Å². The lowest BCUT2D eigenvalue weighted by molar-refractivity contribution is -0.116. The van der Waals surface area contributed by atoms with Gasteiger partial charge in [0.05, 0.1) is 12.1 Å². The van der Waals surface area contributed by atoms with Gasteiger partial charge < -0.3 is 10.1 Å². The molecule has 140 valence electrons. The first-order valence-corrected chi connectivity index (χ1v) is 9.12. The van der Waals surface area contributed by atoms with Crippen LogP contribution in [0.3, 0.4) is 0 Å². The van der Waals surface area contributed by atoms with Crippen molar-refractivity contribution in [1.29, 1.82) is 0 Å². The van der Waals surface area contributed by atoms with E-state index in [1.807, 2.05) is 35.8 Å². The van der Waals surface area contributed by atoms with Gasteiger partial charge in [0, 0.05) is 24.2 Å². The Balaban J connectivity index is 1.70. The molecule has 0 atom stereocenters. The summed E-state index contributed by atoms with van der Waals surface area (Å²) >= 11 is 11.4. The summed E-state index contributed by atoms with van der Waals surface area (Å²) in [4.78, 5) is 12.3. The second-order valence-electron chi connectivity index (χ2n) is 6.02. The van der Waals surface area contributed by atoms with E-state index in [1.165, 1.54) is 0 Å². The van der Waals surface area contributed by atoms with E-state index >= 15 is 0 Å². The summed E-state index contributed by atoms with van der Waals surface area (Å²) in [7, 11) is 1.54. The molecule has 1 aromatic heterocycles. The minimum atomic E-state index is -0.144. The van der Waals surface area contributed by atoms with E-state index in [2.05, 4.69) is 15.5 Å². The van der Waals surface area contributed by atoms with Crippen molar-refractivity contribution in [2.75, 3.05) is 12.4 Å². The van der Waals surface area contributed by atoms with Gasteiger partial charge in [0.15, 0.2) is 10.6 Å². The Kier molecular flexibility index (Phi) is 5.93. The highest BCUT2D eigenvalue weighted by Gasteiger charge is 2.11. The minimum absolute atomic E-state index is 0.144. The topological polar surface area (TPSA) is 71.9 Å². The van der Waals surface area contributed by atoms with Crippen molar-refractivity contribution in [2.24, 2.45) is 0 Å².